The molecule has 5 N–H and O–H groups in total. The molecule has 0 saturated carbocycles. The molecule has 0 saturated heterocycles. The van der Waals surface area contributed by atoms with E-state index < -0.39 is 7.82 Å². The summed E-state index contributed by atoms with van der Waals surface area (Å²) in [6, 6.07) is 16.5. The van der Waals surface area contributed by atoms with Crippen molar-refractivity contribution in [1.29, 1.82) is 0 Å². The molecular weight excluding hydrogens is 503 g/mol. The summed E-state index contributed by atoms with van der Waals surface area (Å²) in [5, 5.41) is 0. The number of amides is 1. The highest BCUT2D eigenvalue weighted by Crippen LogP contribution is 2.35. The molecule has 38 heavy (non-hydrogen) atoms. The van der Waals surface area contributed by atoms with Gasteiger partial charge in [-0.05, 0) is 60.9 Å². The average molecular weight is 551 g/mol. The molecule has 2 aromatic carbocycles. The van der Waals surface area contributed by atoms with Gasteiger partial charge in [-0.3, -0.25) is 9.32 Å². The molecule has 0 bridgehead atoms. The van der Waals surface area contributed by atoms with Crippen LogP contribution in [-0.2, 0) is 33.3 Å². The first-order valence-electron chi connectivity index (χ1n) is 13.5. The zero-order valence-corrected chi connectivity index (χ0v) is 24.0. The lowest BCUT2D eigenvalue weighted by Gasteiger charge is -2.23. The summed E-state index contributed by atoms with van der Waals surface area (Å²) < 4.78 is 20.8. The van der Waals surface area contributed by atoms with Crippen LogP contribution < -0.4 is 10.9 Å². The molecule has 0 heterocycles. The Morgan fingerprint density at radius 1 is 0.816 bits per heavy atom. The Balaban J connectivity index is 0.00000722. The number of carbonyl (C=O) groups excluding carboxylic acids is 1. The summed E-state index contributed by atoms with van der Waals surface area (Å²) in [4.78, 5) is 32.4. The second-order valence-electron chi connectivity index (χ2n) is 9.53. The van der Waals surface area contributed by atoms with Gasteiger partial charge in [-0.1, -0.05) is 75.4 Å². The Hall–Kier alpha value is -2.22. The minimum atomic E-state index is -4.57. The van der Waals surface area contributed by atoms with Crippen molar-refractivity contribution >= 4 is 13.7 Å². The van der Waals surface area contributed by atoms with Crippen molar-refractivity contribution in [3.8, 4) is 5.75 Å². The second-order valence-corrected chi connectivity index (χ2v) is 10.8. The lowest BCUT2D eigenvalue weighted by atomic mass is 10.0. The lowest BCUT2D eigenvalue weighted by Crippen LogP contribution is -2.33. The van der Waals surface area contributed by atoms with Crippen LogP contribution in [0, 0.1) is 0 Å². The minimum absolute atomic E-state index is 0. The first-order valence-corrected chi connectivity index (χ1v) is 15.0. The first-order chi connectivity index (χ1) is 17.8. The first kappa shape index (κ1) is 33.8. The highest BCUT2D eigenvalue weighted by atomic mass is 31.2. The second kappa shape index (κ2) is 18.9. The van der Waals surface area contributed by atoms with Crippen LogP contribution in [0.5, 0.6) is 5.75 Å². The summed E-state index contributed by atoms with van der Waals surface area (Å²) >= 11 is 0. The van der Waals surface area contributed by atoms with Crippen molar-refractivity contribution < 1.29 is 28.4 Å². The van der Waals surface area contributed by atoms with Crippen molar-refractivity contribution in [2.75, 3.05) is 20.3 Å². The zero-order valence-electron chi connectivity index (χ0n) is 23.1. The highest BCUT2D eigenvalue weighted by molar-refractivity contribution is 7.46. The number of rotatable bonds is 19. The van der Waals surface area contributed by atoms with Crippen molar-refractivity contribution in [3.63, 3.8) is 0 Å². The normalized spacial score (nSPS) is 11.2. The van der Waals surface area contributed by atoms with Gasteiger partial charge in [0.25, 0.3) is 0 Å². The molecule has 214 valence electrons. The fraction of sp³-hybridized carbons (Fsp3) is 0.552. The molecule has 0 unspecified atom stereocenters. The third kappa shape index (κ3) is 14.6. The largest absolute Gasteiger partial charge is 0.497 e. The number of hydrogen-bond donors (Lipinski definition) is 3. The van der Waals surface area contributed by atoms with E-state index in [1.165, 1.54) is 43.2 Å². The highest BCUT2D eigenvalue weighted by Gasteiger charge is 2.18. The molecule has 0 aliphatic rings. The van der Waals surface area contributed by atoms with E-state index >= 15 is 0 Å². The van der Waals surface area contributed by atoms with Gasteiger partial charge in [0, 0.05) is 19.5 Å². The number of carbonyl (C=O) groups is 1. The van der Waals surface area contributed by atoms with E-state index in [2.05, 4.69) is 35.7 Å². The monoisotopic (exact) mass is 550 g/mol. The van der Waals surface area contributed by atoms with E-state index in [9.17, 15) is 9.36 Å². The van der Waals surface area contributed by atoms with E-state index in [0.29, 0.717) is 13.0 Å². The average Bonchev–Trinajstić information content (AvgIpc) is 2.88. The topological polar surface area (TPSA) is 131 Å². The van der Waals surface area contributed by atoms with Gasteiger partial charge in [-0.15, -0.1) is 0 Å². The number of nitrogens with zero attached hydrogens (tertiary/aromatic N) is 1. The summed E-state index contributed by atoms with van der Waals surface area (Å²) in [5.41, 5.74) is 3.75. The van der Waals surface area contributed by atoms with Gasteiger partial charge in [0.1, 0.15) is 5.75 Å². The molecule has 0 atom stereocenters. The van der Waals surface area contributed by atoms with Crippen LogP contribution in [0.3, 0.4) is 0 Å². The smallest absolute Gasteiger partial charge is 0.469 e. The van der Waals surface area contributed by atoms with Crippen LogP contribution in [0.2, 0.25) is 0 Å². The molecule has 1 amide bonds. The van der Waals surface area contributed by atoms with E-state index in [0.717, 1.165) is 43.4 Å². The Bertz CT molecular complexity index is 947. The molecule has 0 aliphatic heterocycles. The summed E-state index contributed by atoms with van der Waals surface area (Å²) in [7, 11) is -2.97. The molecule has 0 fully saturated rings. The maximum Gasteiger partial charge on any atom is 0.469 e. The van der Waals surface area contributed by atoms with Gasteiger partial charge >= 0.3 is 7.82 Å². The van der Waals surface area contributed by atoms with Crippen LogP contribution >= 0.6 is 7.82 Å². The van der Waals surface area contributed by atoms with Crippen LogP contribution in [0.1, 0.15) is 81.4 Å². The number of aryl methyl sites for hydroxylation is 2. The Labute approximate surface area is 228 Å². The summed E-state index contributed by atoms with van der Waals surface area (Å²) in [5.74, 6) is 0.694. The third-order valence-electron chi connectivity index (χ3n) is 6.45. The minimum Gasteiger partial charge on any atom is -0.497 e. The summed E-state index contributed by atoms with van der Waals surface area (Å²) in [6.45, 7) is 2.48. The molecular formula is C29H47N2O6P. The quantitative estimate of drug-likeness (QED) is 0.132. The fourth-order valence-electron chi connectivity index (χ4n) is 4.24. The predicted octanol–water partition coefficient (Wildman–Crippen LogP) is 6.61. The number of methoxy groups -OCH3 is 1. The number of hydrogen-bond acceptors (Lipinski definition) is 5. The Kier molecular flexibility index (Phi) is 16.8. The molecule has 9 heteroatoms. The van der Waals surface area contributed by atoms with Crippen LogP contribution in [0.15, 0.2) is 48.5 Å². The van der Waals surface area contributed by atoms with Crippen molar-refractivity contribution in [1.82, 2.24) is 11.1 Å². The molecule has 2 aromatic rings. The molecule has 0 radical (unpaired) electrons. The maximum absolute atomic E-state index is 12.9. The number of benzene rings is 2. The van der Waals surface area contributed by atoms with Gasteiger partial charge in [-0.25, -0.2) is 4.57 Å². The van der Waals surface area contributed by atoms with Gasteiger partial charge < -0.3 is 25.6 Å². The molecule has 2 rings (SSSR count). The van der Waals surface area contributed by atoms with Crippen molar-refractivity contribution in [2.24, 2.45) is 0 Å². The summed E-state index contributed by atoms with van der Waals surface area (Å²) in [6.07, 6.45) is 11.6. The van der Waals surface area contributed by atoms with Gasteiger partial charge in [0.05, 0.1) is 13.7 Å². The molecule has 0 spiro atoms. The standard InChI is InChI=1S/C29H44NO6P.H3N/c1-3-4-11-25-14-16-26(17-15-25)12-9-7-5-6-8-10-13-29(31)30(22-23-36-37(32,33)34)24-27-18-20-28(35-2)21-19-27;/h14-21H,3-13,22-24H2,1-2H3,(H2,32,33,34);1H3. The number of unbranched alkanes of at least 4 members (excludes halogenated alkanes) is 6. The Morgan fingerprint density at radius 3 is 1.89 bits per heavy atom. The zero-order chi connectivity index (χ0) is 26.9. The third-order valence-corrected chi connectivity index (χ3v) is 6.97. The van der Waals surface area contributed by atoms with Crippen LogP contribution in [-0.4, -0.2) is 40.9 Å². The SMILES string of the molecule is CCCCc1ccc(CCCCCCCCC(=O)N(CCOP(=O)(O)O)Cc2ccc(OC)cc2)cc1.N. The van der Waals surface area contributed by atoms with E-state index in [1.54, 1.807) is 12.0 Å². The maximum atomic E-state index is 12.9. The van der Waals surface area contributed by atoms with E-state index in [-0.39, 0.29) is 25.2 Å². The predicted molar refractivity (Wildman–Crippen MR) is 153 cm³/mol. The molecule has 0 aliphatic carbocycles. The molecule has 8 nitrogen and oxygen atoms in total. The number of phosphoric ester groups is 1. The lowest BCUT2D eigenvalue weighted by molar-refractivity contribution is -0.132. The van der Waals surface area contributed by atoms with Crippen molar-refractivity contribution in [2.45, 2.75) is 84.1 Å². The van der Waals surface area contributed by atoms with Crippen molar-refractivity contribution in [3.05, 3.63) is 65.2 Å². The van der Waals surface area contributed by atoms with E-state index in [1.807, 2.05) is 24.3 Å². The van der Waals surface area contributed by atoms with Gasteiger partial charge in [0.15, 0.2) is 0 Å². The molecule has 0 aromatic heterocycles. The van der Waals surface area contributed by atoms with Crippen LogP contribution in [0.4, 0.5) is 0 Å². The van der Waals surface area contributed by atoms with E-state index in [4.69, 9.17) is 14.5 Å². The number of phosphoric acid groups is 1. The van der Waals surface area contributed by atoms with Crippen LogP contribution in [0.25, 0.3) is 0 Å². The fourth-order valence-corrected chi connectivity index (χ4v) is 4.56. The van der Waals surface area contributed by atoms with Gasteiger partial charge in [-0.2, -0.15) is 0 Å². The Morgan fingerprint density at radius 2 is 1.34 bits per heavy atom. The number of ether oxygens (including phenoxy) is 1. The van der Waals surface area contributed by atoms with Gasteiger partial charge in [0.2, 0.25) is 5.91 Å².